The zero-order chi connectivity index (χ0) is 19.0. The van der Waals surface area contributed by atoms with Crippen LogP contribution >= 0.6 is 7.26 Å². The summed E-state index contributed by atoms with van der Waals surface area (Å²) in [6.07, 6.45) is 2.20. The van der Waals surface area contributed by atoms with Gasteiger partial charge in [-0.25, -0.2) is 0 Å². The van der Waals surface area contributed by atoms with E-state index in [9.17, 15) is 4.79 Å². The Kier molecular flexibility index (Phi) is 8.89. The van der Waals surface area contributed by atoms with E-state index in [0.717, 1.165) is 12.3 Å². The fourth-order valence-electron chi connectivity index (χ4n) is 3.51. The van der Waals surface area contributed by atoms with Crippen molar-refractivity contribution in [3.63, 3.8) is 0 Å². The van der Waals surface area contributed by atoms with Crippen LogP contribution in [0.15, 0.2) is 91.0 Å². The van der Waals surface area contributed by atoms with Gasteiger partial charge >= 0.3 is 5.97 Å². The topological polar surface area (TPSA) is 26.3 Å². The molecule has 0 saturated heterocycles. The molecular weight excluding hydrogens is 431 g/mol. The van der Waals surface area contributed by atoms with Gasteiger partial charge in [-0.2, -0.15) is 0 Å². The minimum absolute atomic E-state index is 0. The first kappa shape index (κ1) is 22.3. The lowest BCUT2D eigenvalue weighted by molar-refractivity contribution is -0.142. The molecule has 0 radical (unpaired) electrons. The minimum Gasteiger partial charge on any atom is -1.00 e. The normalized spacial score (nSPS) is 10.8. The number of halogens is 1. The highest BCUT2D eigenvalue weighted by molar-refractivity contribution is 7.88. The van der Waals surface area contributed by atoms with Crippen molar-refractivity contribution >= 4 is 23.8 Å². The number of carbonyl (C=O) groups is 1. The molecule has 0 N–H and O–H groups in total. The van der Waals surface area contributed by atoms with Crippen molar-refractivity contribution < 1.29 is 26.5 Å². The molecule has 0 aliphatic heterocycles. The maximum absolute atomic E-state index is 12.2. The van der Waals surface area contributed by atoms with Crippen molar-refractivity contribution in [2.75, 3.05) is 12.8 Å². The molecule has 0 spiro atoms. The average Bonchev–Trinajstić information content (AvgIpc) is 2.73. The number of benzene rings is 3. The Hall–Kier alpha value is -1.96. The molecule has 0 aliphatic rings. The van der Waals surface area contributed by atoms with E-state index in [2.05, 4.69) is 84.9 Å². The fourth-order valence-corrected chi connectivity index (χ4v) is 7.73. The zero-order valence-electron chi connectivity index (χ0n) is 16.1. The number of rotatable bonds is 8. The third kappa shape index (κ3) is 5.53. The summed E-state index contributed by atoms with van der Waals surface area (Å²) in [7, 11) is -1.80. The summed E-state index contributed by atoms with van der Waals surface area (Å²) in [5.74, 6) is -0.109. The second kappa shape index (κ2) is 11.1. The Bertz CT molecular complexity index is 799. The Labute approximate surface area is 179 Å². The van der Waals surface area contributed by atoms with E-state index in [1.165, 1.54) is 16.2 Å². The van der Waals surface area contributed by atoms with Gasteiger partial charge < -0.3 is 21.7 Å². The van der Waals surface area contributed by atoms with Crippen molar-refractivity contribution in [3.8, 4) is 0 Å². The van der Waals surface area contributed by atoms with E-state index in [1.54, 1.807) is 0 Å². The Morgan fingerprint density at radius 1 is 0.786 bits per heavy atom. The van der Waals surface area contributed by atoms with Gasteiger partial charge in [0.15, 0.2) is 0 Å². The summed E-state index contributed by atoms with van der Waals surface area (Å²) in [5, 5.41) is 2.67. The van der Waals surface area contributed by atoms with Gasteiger partial charge in [-0.1, -0.05) is 66.7 Å². The average molecular weight is 457 g/mol. The molecule has 0 heterocycles. The van der Waals surface area contributed by atoms with E-state index in [0.29, 0.717) is 13.0 Å². The Balaban J connectivity index is 0.00000280. The molecule has 0 saturated carbocycles. The molecule has 4 heteroatoms. The van der Waals surface area contributed by atoms with Crippen molar-refractivity contribution in [1.82, 2.24) is 0 Å². The lowest BCUT2D eigenvalue weighted by Gasteiger charge is -2.27. The van der Waals surface area contributed by atoms with Gasteiger partial charge in [-0.05, 0) is 36.8 Å². The number of hydrogen-bond acceptors (Lipinski definition) is 2. The van der Waals surface area contributed by atoms with Crippen molar-refractivity contribution in [2.45, 2.75) is 19.5 Å². The molecule has 0 unspecified atom stereocenters. The van der Waals surface area contributed by atoms with E-state index < -0.39 is 7.26 Å². The smallest absolute Gasteiger partial charge is 0.309 e. The lowest BCUT2D eigenvalue weighted by Crippen LogP contribution is -3.00. The standard InChI is InChI=1S/C24H26O2P.BrH/c1-2-26-24(25)18-19-27(22-14-8-4-9-15-22,23-16-10-5-11-17-23)20-21-12-6-3-7-13-21;/h3-17H,2,18-20H2,1H3;1H/q+1;/p-1. The van der Waals surface area contributed by atoms with Gasteiger partial charge in [-0.15, -0.1) is 0 Å². The molecule has 0 fully saturated rings. The first-order valence-electron chi connectivity index (χ1n) is 9.42. The van der Waals surface area contributed by atoms with Crippen LogP contribution in [0.1, 0.15) is 18.9 Å². The summed E-state index contributed by atoms with van der Waals surface area (Å²) < 4.78 is 5.24. The van der Waals surface area contributed by atoms with Gasteiger partial charge in [0, 0.05) is 0 Å². The van der Waals surface area contributed by atoms with E-state index in [1.807, 2.05) is 13.0 Å². The quantitative estimate of drug-likeness (QED) is 0.381. The maximum Gasteiger partial charge on any atom is 0.309 e. The Morgan fingerprint density at radius 2 is 1.25 bits per heavy atom. The van der Waals surface area contributed by atoms with Crippen LogP contribution in [-0.4, -0.2) is 18.7 Å². The summed E-state index contributed by atoms with van der Waals surface area (Å²) >= 11 is 0. The van der Waals surface area contributed by atoms with Crippen LogP contribution in [0.5, 0.6) is 0 Å². The van der Waals surface area contributed by atoms with Crippen molar-refractivity contribution in [2.24, 2.45) is 0 Å². The highest BCUT2D eigenvalue weighted by atomic mass is 79.9. The molecule has 3 rings (SSSR count). The SMILES string of the molecule is CCOC(=O)CC[P+](Cc1ccccc1)(c1ccccc1)c1ccccc1.[Br-]. The molecule has 2 nitrogen and oxygen atoms in total. The summed E-state index contributed by atoms with van der Waals surface area (Å²) in [6, 6.07) is 32.0. The third-order valence-electron chi connectivity index (χ3n) is 4.80. The van der Waals surface area contributed by atoms with Crippen LogP contribution < -0.4 is 27.6 Å². The van der Waals surface area contributed by atoms with Crippen LogP contribution in [0.2, 0.25) is 0 Å². The van der Waals surface area contributed by atoms with Crippen molar-refractivity contribution in [1.29, 1.82) is 0 Å². The van der Waals surface area contributed by atoms with Crippen LogP contribution in [0.25, 0.3) is 0 Å². The van der Waals surface area contributed by atoms with E-state index in [-0.39, 0.29) is 23.0 Å². The monoisotopic (exact) mass is 456 g/mol. The van der Waals surface area contributed by atoms with Crippen LogP contribution in [-0.2, 0) is 15.7 Å². The number of carbonyl (C=O) groups excluding carboxylic acids is 1. The third-order valence-corrected chi connectivity index (χ3v) is 9.26. The van der Waals surface area contributed by atoms with Crippen LogP contribution in [0.4, 0.5) is 0 Å². The van der Waals surface area contributed by atoms with Crippen LogP contribution in [0.3, 0.4) is 0 Å². The second-order valence-corrected chi connectivity index (χ2v) is 10.3. The molecule has 0 amide bonds. The number of hydrogen-bond donors (Lipinski definition) is 0. The molecule has 3 aromatic carbocycles. The second-order valence-electron chi connectivity index (χ2n) is 6.56. The molecule has 28 heavy (non-hydrogen) atoms. The largest absolute Gasteiger partial charge is 1.00 e. The summed E-state index contributed by atoms with van der Waals surface area (Å²) in [6.45, 7) is 2.29. The number of esters is 1. The fraction of sp³-hybridized carbons (Fsp3) is 0.208. The van der Waals surface area contributed by atoms with Crippen molar-refractivity contribution in [3.05, 3.63) is 96.6 Å². The van der Waals surface area contributed by atoms with Gasteiger partial charge in [-0.3, -0.25) is 4.79 Å². The van der Waals surface area contributed by atoms with Gasteiger partial charge in [0.1, 0.15) is 0 Å². The maximum atomic E-state index is 12.2. The lowest BCUT2D eigenvalue weighted by atomic mass is 10.2. The summed E-state index contributed by atoms with van der Waals surface area (Å²) in [5.41, 5.74) is 1.31. The number of ether oxygens (including phenoxy) is 1. The predicted molar refractivity (Wildman–Crippen MR) is 115 cm³/mol. The van der Waals surface area contributed by atoms with E-state index in [4.69, 9.17) is 4.74 Å². The van der Waals surface area contributed by atoms with Gasteiger partial charge in [0.25, 0.3) is 0 Å². The molecule has 0 aromatic heterocycles. The molecule has 146 valence electrons. The molecule has 0 bridgehead atoms. The first-order chi connectivity index (χ1) is 13.2. The highest BCUT2D eigenvalue weighted by Crippen LogP contribution is 2.59. The van der Waals surface area contributed by atoms with Gasteiger partial charge in [0.2, 0.25) is 0 Å². The zero-order valence-corrected chi connectivity index (χ0v) is 18.6. The molecule has 0 atom stereocenters. The highest BCUT2D eigenvalue weighted by Gasteiger charge is 2.43. The molecule has 3 aromatic rings. The molecular formula is C24H26BrO2P. The summed E-state index contributed by atoms with van der Waals surface area (Å²) in [4.78, 5) is 12.2. The van der Waals surface area contributed by atoms with E-state index >= 15 is 0 Å². The predicted octanol–water partition coefficient (Wildman–Crippen LogP) is 1.81. The first-order valence-corrected chi connectivity index (χ1v) is 11.6. The van der Waals surface area contributed by atoms with Crippen LogP contribution in [0, 0.1) is 0 Å². The Morgan fingerprint density at radius 3 is 1.71 bits per heavy atom. The minimum atomic E-state index is -1.80. The van der Waals surface area contributed by atoms with Gasteiger partial charge in [0.05, 0.1) is 43.2 Å². The molecule has 0 aliphatic carbocycles.